The van der Waals surface area contributed by atoms with Gasteiger partial charge in [-0.15, -0.1) is 0 Å². The molecule has 98 valence electrons. The van der Waals surface area contributed by atoms with E-state index in [1.807, 2.05) is 0 Å². The topological polar surface area (TPSA) is 76.6 Å². The molecule has 2 rings (SSSR count). The fourth-order valence-electron chi connectivity index (χ4n) is 1.73. The minimum atomic E-state index is -3.58. The van der Waals surface area contributed by atoms with Crippen molar-refractivity contribution < 1.29 is 17.9 Å². The molecule has 1 aromatic rings. The maximum Gasteiger partial charge on any atom is 0.311 e. The Kier molecular flexibility index (Phi) is 3.36. The molecule has 0 radical (unpaired) electrons. The third kappa shape index (κ3) is 2.23. The lowest BCUT2D eigenvalue weighted by Crippen LogP contribution is -2.53. The highest BCUT2D eigenvalue weighted by Gasteiger charge is 2.41. The van der Waals surface area contributed by atoms with Gasteiger partial charge in [-0.1, -0.05) is 0 Å². The smallest absolute Gasteiger partial charge is 0.311 e. The Bertz CT molecular complexity index is 564. The van der Waals surface area contributed by atoms with Gasteiger partial charge in [0.2, 0.25) is 0 Å². The molecule has 0 N–H and O–H groups in total. The first-order valence-corrected chi connectivity index (χ1v) is 6.90. The number of pyridine rings is 1. The highest BCUT2D eigenvalue weighted by atomic mass is 32.2. The second-order valence-corrected chi connectivity index (χ2v) is 6.10. The number of hydrogen-bond acceptors (Lipinski definition) is 5. The first-order valence-electron chi connectivity index (χ1n) is 5.46. The predicted octanol–water partition coefficient (Wildman–Crippen LogP) is 0.184. The molecule has 0 spiro atoms. The SMILES string of the molecule is COC(=O)C1CN(S(=O)(=O)c2cc(C)ccn2)C1. The molecular weight excluding hydrogens is 256 g/mol. The van der Waals surface area contributed by atoms with Crippen molar-refractivity contribution in [3.8, 4) is 0 Å². The zero-order chi connectivity index (χ0) is 13.3. The molecule has 0 aliphatic carbocycles. The average molecular weight is 270 g/mol. The van der Waals surface area contributed by atoms with Crippen molar-refractivity contribution >= 4 is 16.0 Å². The standard InChI is InChI=1S/C11H14N2O4S/c1-8-3-4-12-10(5-8)18(15,16)13-6-9(7-13)11(14)17-2/h3-5,9H,6-7H2,1-2H3. The van der Waals surface area contributed by atoms with Gasteiger partial charge < -0.3 is 4.74 Å². The van der Waals surface area contributed by atoms with E-state index in [9.17, 15) is 13.2 Å². The lowest BCUT2D eigenvalue weighted by molar-refractivity contribution is -0.149. The zero-order valence-electron chi connectivity index (χ0n) is 10.2. The molecule has 0 unspecified atom stereocenters. The summed E-state index contributed by atoms with van der Waals surface area (Å²) in [5.74, 6) is -0.742. The largest absolute Gasteiger partial charge is 0.469 e. The summed E-state index contributed by atoms with van der Waals surface area (Å²) in [6.45, 7) is 2.11. The minimum Gasteiger partial charge on any atom is -0.469 e. The van der Waals surface area contributed by atoms with Crippen LogP contribution in [0.25, 0.3) is 0 Å². The third-order valence-corrected chi connectivity index (χ3v) is 4.61. The molecule has 0 aromatic carbocycles. The van der Waals surface area contributed by atoms with Crippen molar-refractivity contribution in [1.82, 2.24) is 9.29 Å². The first-order chi connectivity index (χ1) is 8.45. The zero-order valence-corrected chi connectivity index (χ0v) is 11.0. The summed E-state index contributed by atoms with van der Waals surface area (Å²) < 4.78 is 30.1. The highest BCUT2D eigenvalue weighted by Crippen LogP contribution is 2.24. The number of aryl methyl sites for hydroxylation is 1. The molecular formula is C11H14N2O4S. The fourth-order valence-corrected chi connectivity index (χ4v) is 3.28. The van der Waals surface area contributed by atoms with Crippen molar-refractivity contribution in [2.24, 2.45) is 5.92 Å². The van der Waals surface area contributed by atoms with Gasteiger partial charge in [0.15, 0.2) is 5.03 Å². The number of esters is 1. The molecule has 1 aromatic heterocycles. The first kappa shape index (κ1) is 13.0. The maximum atomic E-state index is 12.1. The van der Waals surface area contributed by atoms with E-state index in [0.29, 0.717) is 0 Å². The third-order valence-electron chi connectivity index (χ3n) is 2.88. The van der Waals surface area contributed by atoms with Gasteiger partial charge in [-0.05, 0) is 24.6 Å². The van der Waals surface area contributed by atoms with E-state index in [-0.39, 0.29) is 30.0 Å². The Balaban J connectivity index is 2.13. The Hall–Kier alpha value is -1.47. The highest BCUT2D eigenvalue weighted by molar-refractivity contribution is 7.89. The molecule has 1 fully saturated rings. The van der Waals surface area contributed by atoms with Crippen molar-refractivity contribution in [1.29, 1.82) is 0 Å². The number of carbonyl (C=O) groups is 1. The van der Waals surface area contributed by atoms with Crippen LogP contribution in [0.5, 0.6) is 0 Å². The van der Waals surface area contributed by atoms with Crippen LogP contribution in [0, 0.1) is 12.8 Å². The normalized spacial score (nSPS) is 17.2. The van der Waals surface area contributed by atoms with E-state index in [1.54, 1.807) is 13.0 Å². The molecule has 2 heterocycles. The van der Waals surface area contributed by atoms with Crippen molar-refractivity contribution in [2.45, 2.75) is 11.9 Å². The second-order valence-electron chi connectivity index (χ2n) is 4.21. The van der Waals surface area contributed by atoms with Gasteiger partial charge in [0.25, 0.3) is 10.0 Å². The van der Waals surface area contributed by atoms with E-state index in [0.717, 1.165) is 5.56 Å². The Morgan fingerprint density at radius 3 is 2.72 bits per heavy atom. The van der Waals surface area contributed by atoms with Gasteiger partial charge in [-0.25, -0.2) is 13.4 Å². The Morgan fingerprint density at radius 2 is 2.17 bits per heavy atom. The van der Waals surface area contributed by atoms with Gasteiger partial charge in [0, 0.05) is 19.3 Å². The lowest BCUT2D eigenvalue weighted by atomic mass is 10.0. The van der Waals surface area contributed by atoms with Crippen molar-refractivity contribution in [3.05, 3.63) is 23.9 Å². The van der Waals surface area contributed by atoms with Crippen molar-refractivity contribution in [3.63, 3.8) is 0 Å². The Labute approximate surface area is 106 Å². The quantitative estimate of drug-likeness (QED) is 0.732. The van der Waals surface area contributed by atoms with Crippen molar-refractivity contribution in [2.75, 3.05) is 20.2 Å². The molecule has 0 saturated carbocycles. The second kappa shape index (κ2) is 4.66. The summed E-state index contributed by atoms with van der Waals surface area (Å²) in [5, 5.41) is 0.0193. The van der Waals surface area contributed by atoms with Gasteiger partial charge in [-0.3, -0.25) is 4.79 Å². The van der Waals surface area contributed by atoms with Gasteiger partial charge in [-0.2, -0.15) is 4.31 Å². The predicted molar refractivity (Wildman–Crippen MR) is 63.2 cm³/mol. The molecule has 1 aliphatic heterocycles. The molecule has 0 amide bonds. The van der Waals surface area contributed by atoms with Crippen LogP contribution in [0.15, 0.2) is 23.4 Å². The molecule has 18 heavy (non-hydrogen) atoms. The lowest BCUT2D eigenvalue weighted by Gasteiger charge is -2.35. The number of sulfonamides is 1. The van der Waals surface area contributed by atoms with Crippen LogP contribution in [-0.4, -0.2) is 43.9 Å². The number of nitrogens with zero attached hydrogens (tertiary/aromatic N) is 2. The van der Waals surface area contributed by atoms with Crippen LogP contribution in [0.3, 0.4) is 0 Å². The van der Waals surface area contributed by atoms with E-state index >= 15 is 0 Å². The fraction of sp³-hybridized carbons (Fsp3) is 0.455. The molecule has 1 aliphatic rings. The number of methoxy groups -OCH3 is 1. The summed E-state index contributed by atoms with van der Waals surface area (Å²) in [7, 11) is -2.29. The summed E-state index contributed by atoms with van der Waals surface area (Å²) in [4.78, 5) is 15.1. The maximum absolute atomic E-state index is 12.1. The number of ether oxygens (including phenoxy) is 1. The number of rotatable bonds is 3. The van der Waals surface area contributed by atoms with Gasteiger partial charge in [0.05, 0.1) is 13.0 Å². The average Bonchev–Trinajstić information content (AvgIpc) is 2.26. The van der Waals surface area contributed by atoms with E-state index in [2.05, 4.69) is 9.72 Å². The number of hydrogen-bond donors (Lipinski definition) is 0. The van der Waals surface area contributed by atoms with Crippen LogP contribution in [-0.2, 0) is 19.6 Å². The van der Waals surface area contributed by atoms with E-state index < -0.39 is 10.0 Å². The molecule has 6 nitrogen and oxygen atoms in total. The van der Waals surface area contributed by atoms with Crippen LogP contribution >= 0.6 is 0 Å². The Morgan fingerprint density at radius 1 is 1.50 bits per heavy atom. The summed E-state index contributed by atoms with van der Waals surface area (Å²) in [6, 6.07) is 3.24. The van der Waals surface area contributed by atoms with Crippen LogP contribution in [0.1, 0.15) is 5.56 Å². The summed E-state index contributed by atoms with van der Waals surface area (Å²) in [6.07, 6.45) is 1.46. The molecule has 1 saturated heterocycles. The van der Waals surface area contributed by atoms with Gasteiger partial charge in [0.1, 0.15) is 0 Å². The summed E-state index contributed by atoms with van der Waals surface area (Å²) in [5.41, 5.74) is 0.827. The summed E-state index contributed by atoms with van der Waals surface area (Å²) >= 11 is 0. The van der Waals surface area contributed by atoms with E-state index in [4.69, 9.17) is 0 Å². The van der Waals surface area contributed by atoms with Gasteiger partial charge >= 0.3 is 5.97 Å². The molecule has 0 atom stereocenters. The van der Waals surface area contributed by atoms with Crippen LogP contribution < -0.4 is 0 Å². The van der Waals surface area contributed by atoms with Crippen LogP contribution in [0.2, 0.25) is 0 Å². The molecule has 0 bridgehead atoms. The van der Waals surface area contributed by atoms with E-state index in [1.165, 1.54) is 23.7 Å². The minimum absolute atomic E-state index is 0.0193. The monoisotopic (exact) mass is 270 g/mol. The molecule has 7 heteroatoms. The number of carbonyl (C=O) groups excluding carboxylic acids is 1. The van der Waals surface area contributed by atoms with Crippen LogP contribution in [0.4, 0.5) is 0 Å². The number of aromatic nitrogens is 1.